The van der Waals surface area contributed by atoms with E-state index in [9.17, 15) is 4.79 Å². The van der Waals surface area contributed by atoms with Gasteiger partial charge in [0.15, 0.2) is 0 Å². The quantitative estimate of drug-likeness (QED) is 0.788. The Hall–Kier alpha value is -0.320. The number of carbonyl (C=O) groups is 1. The van der Waals surface area contributed by atoms with Crippen LogP contribution in [0.25, 0.3) is 0 Å². The monoisotopic (exact) mass is 264 g/mol. The van der Waals surface area contributed by atoms with E-state index in [1.54, 1.807) is 7.11 Å². The minimum Gasteiger partial charge on any atom is -0.384 e. The summed E-state index contributed by atoms with van der Waals surface area (Å²) in [5.74, 6) is 0.0741. The lowest BCUT2D eigenvalue weighted by atomic mass is 9.77. The molecule has 0 spiro atoms. The SMILES string of the molecule is COCCC(=O)NCC1NCCCC1(C)C.Cl. The van der Waals surface area contributed by atoms with Gasteiger partial charge in [0.2, 0.25) is 5.91 Å². The third-order valence-electron chi connectivity index (χ3n) is 3.37. The van der Waals surface area contributed by atoms with Gasteiger partial charge in [0.1, 0.15) is 0 Å². The summed E-state index contributed by atoms with van der Waals surface area (Å²) < 4.78 is 4.87. The Kier molecular flexibility index (Phi) is 7.75. The van der Waals surface area contributed by atoms with Crippen LogP contribution in [0.5, 0.6) is 0 Å². The van der Waals surface area contributed by atoms with Crippen molar-refractivity contribution in [3.63, 3.8) is 0 Å². The molecule has 1 atom stereocenters. The zero-order chi connectivity index (χ0) is 12.0. The van der Waals surface area contributed by atoms with Gasteiger partial charge in [0, 0.05) is 26.1 Å². The van der Waals surface area contributed by atoms with Crippen molar-refractivity contribution in [3.05, 3.63) is 0 Å². The molecule has 102 valence electrons. The number of nitrogens with one attached hydrogen (secondary N) is 2. The third kappa shape index (κ3) is 5.70. The Morgan fingerprint density at radius 2 is 2.24 bits per heavy atom. The molecule has 5 heteroatoms. The molecule has 1 unspecified atom stereocenters. The van der Waals surface area contributed by atoms with Crippen molar-refractivity contribution in [1.29, 1.82) is 0 Å². The van der Waals surface area contributed by atoms with E-state index < -0.39 is 0 Å². The summed E-state index contributed by atoms with van der Waals surface area (Å²) in [5.41, 5.74) is 0.271. The second-order valence-electron chi connectivity index (χ2n) is 5.15. The molecule has 1 saturated heterocycles. The highest BCUT2D eigenvalue weighted by molar-refractivity contribution is 5.85. The first-order valence-electron chi connectivity index (χ1n) is 6.05. The van der Waals surface area contributed by atoms with Gasteiger partial charge in [-0.3, -0.25) is 4.79 Å². The van der Waals surface area contributed by atoms with Gasteiger partial charge in [-0.2, -0.15) is 0 Å². The average Bonchev–Trinajstić information content (AvgIpc) is 2.24. The summed E-state index contributed by atoms with van der Waals surface area (Å²) in [6, 6.07) is 0.382. The number of methoxy groups -OCH3 is 1. The lowest BCUT2D eigenvalue weighted by Gasteiger charge is -2.39. The lowest BCUT2D eigenvalue weighted by molar-refractivity contribution is -0.122. The fraction of sp³-hybridized carbons (Fsp3) is 0.917. The number of ether oxygens (including phenoxy) is 1. The smallest absolute Gasteiger partial charge is 0.222 e. The van der Waals surface area contributed by atoms with Crippen molar-refractivity contribution in [3.8, 4) is 0 Å². The van der Waals surface area contributed by atoms with E-state index in [1.807, 2.05) is 0 Å². The van der Waals surface area contributed by atoms with E-state index in [1.165, 1.54) is 12.8 Å². The van der Waals surface area contributed by atoms with Crippen molar-refractivity contribution in [2.75, 3.05) is 26.8 Å². The molecule has 1 heterocycles. The first-order chi connectivity index (χ1) is 7.56. The van der Waals surface area contributed by atoms with Crippen LogP contribution in [0.2, 0.25) is 0 Å². The zero-order valence-electron chi connectivity index (χ0n) is 11.0. The largest absolute Gasteiger partial charge is 0.384 e. The van der Waals surface area contributed by atoms with Crippen molar-refractivity contribution in [2.45, 2.75) is 39.2 Å². The van der Waals surface area contributed by atoms with E-state index in [4.69, 9.17) is 4.74 Å². The minimum atomic E-state index is 0. The summed E-state index contributed by atoms with van der Waals surface area (Å²) in [7, 11) is 1.61. The van der Waals surface area contributed by atoms with E-state index in [-0.39, 0.29) is 23.7 Å². The summed E-state index contributed by atoms with van der Waals surface area (Å²) in [5, 5.41) is 6.44. The number of halogens is 1. The lowest BCUT2D eigenvalue weighted by Crippen LogP contribution is -2.52. The molecule has 17 heavy (non-hydrogen) atoms. The maximum absolute atomic E-state index is 11.4. The third-order valence-corrected chi connectivity index (χ3v) is 3.37. The highest BCUT2D eigenvalue weighted by Gasteiger charge is 2.31. The van der Waals surface area contributed by atoms with Crippen LogP contribution in [0.4, 0.5) is 0 Å². The molecule has 1 aliphatic rings. The molecule has 0 bridgehead atoms. The first-order valence-corrected chi connectivity index (χ1v) is 6.05. The van der Waals surface area contributed by atoms with E-state index in [0.717, 1.165) is 13.1 Å². The summed E-state index contributed by atoms with van der Waals surface area (Å²) >= 11 is 0. The molecular formula is C12H25ClN2O2. The molecule has 0 aromatic carbocycles. The van der Waals surface area contributed by atoms with Gasteiger partial charge in [-0.25, -0.2) is 0 Å². The van der Waals surface area contributed by atoms with E-state index in [0.29, 0.717) is 19.1 Å². The molecule has 0 aromatic heterocycles. The number of piperidine rings is 1. The summed E-state index contributed by atoms with van der Waals surface area (Å²) in [4.78, 5) is 11.4. The van der Waals surface area contributed by atoms with Gasteiger partial charge in [-0.1, -0.05) is 13.8 Å². The highest BCUT2D eigenvalue weighted by atomic mass is 35.5. The van der Waals surface area contributed by atoms with E-state index >= 15 is 0 Å². The van der Waals surface area contributed by atoms with Gasteiger partial charge < -0.3 is 15.4 Å². The number of rotatable bonds is 5. The van der Waals surface area contributed by atoms with Gasteiger partial charge >= 0.3 is 0 Å². The second-order valence-corrected chi connectivity index (χ2v) is 5.15. The molecule has 1 amide bonds. The van der Waals surface area contributed by atoms with Gasteiger partial charge in [0.25, 0.3) is 0 Å². The normalized spacial score (nSPS) is 22.6. The van der Waals surface area contributed by atoms with Crippen molar-refractivity contribution in [1.82, 2.24) is 10.6 Å². The summed E-state index contributed by atoms with van der Waals surface area (Å²) in [6.45, 7) is 6.78. The van der Waals surface area contributed by atoms with Crippen LogP contribution < -0.4 is 10.6 Å². The number of carbonyl (C=O) groups excluding carboxylic acids is 1. The van der Waals surface area contributed by atoms with Crippen molar-refractivity contribution >= 4 is 18.3 Å². The maximum Gasteiger partial charge on any atom is 0.222 e. The molecule has 2 N–H and O–H groups in total. The van der Waals surface area contributed by atoms with Crippen molar-refractivity contribution < 1.29 is 9.53 Å². The Balaban J connectivity index is 0.00000256. The van der Waals surface area contributed by atoms with Gasteiger partial charge in [-0.15, -0.1) is 12.4 Å². The molecule has 0 radical (unpaired) electrons. The zero-order valence-corrected chi connectivity index (χ0v) is 11.9. The Morgan fingerprint density at radius 3 is 2.82 bits per heavy atom. The summed E-state index contributed by atoms with van der Waals surface area (Å²) in [6.07, 6.45) is 2.89. The van der Waals surface area contributed by atoms with Crippen LogP contribution in [-0.4, -0.2) is 38.8 Å². The average molecular weight is 265 g/mol. The van der Waals surface area contributed by atoms with Crippen LogP contribution >= 0.6 is 12.4 Å². The Labute approximate surface area is 110 Å². The molecule has 1 rings (SSSR count). The molecule has 1 aliphatic heterocycles. The topological polar surface area (TPSA) is 50.4 Å². The van der Waals surface area contributed by atoms with Crippen LogP contribution in [0.15, 0.2) is 0 Å². The van der Waals surface area contributed by atoms with Crippen LogP contribution in [0, 0.1) is 5.41 Å². The van der Waals surface area contributed by atoms with Gasteiger partial charge in [0.05, 0.1) is 6.61 Å². The molecule has 1 fully saturated rings. The Bertz CT molecular complexity index is 235. The standard InChI is InChI=1S/C12H24N2O2.ClH/c1-12(2)6-4-7-13-10(12)9-14-11(15)5-8-16-3;/h10,13H,4-9H2,1-3H3,(H,14,15);1H. The fourth-order valence-corrected chi connectivity index (χ4v) is 2.12. The van der Waals surface area contributed by atoms with E-state index in [2.05, 4.69) is 24.5 Å². The molecule has 4 nitrogen and oxygen atoms in total. The van der Waals surface area contributed by atoms with Crippen LogP contribution in [-0.2, 0) is 9.53 Å². The predicted molar refractivity (Wildman–Crippen MR) is 71.6 cm³/mol. The Morgan fingerprint density at radius 1 is 1.53 bits per heavy atom. The highest BCUT2D eigenvalue weighted by Crippen LogP contribution is 2.29. The molecule has 0 aliphatic carbocycles. The minimum absolute atomic E-state index is 0. The number of hydrogen-bond acceptors (Lipinski definition) is 3. The van der Waals surface area contributed by atoms with Crippen LogP contribution in [0.3, 0.4) is 0 Å². The predicted octanol–water partition coefficient (Wildman–Crippen LogP) is 1.34. The fourth-order valence-electron chi connectivity index (χ4n) is 2.12. The maximum atomic E-state index is 11.4. The number of hydrogen-bond donors (Lipinski definition) is 2. The molecule has 0 saturated carbocycles. The molecular weight excluding hydrogens is 240 g/mol. The first kappa shape index (κ1) is 16.7. The van der Waals surface area contributed by atoms with Crippen molar-refractivity contribution in [2.24, 2.45) is 5.41 Å². The van der Waals surface area contributed by atoms with Crippen LogP contribution in [0.1, 0.15) is 33.1 Å². The van der Waals surface area contributed by atoms with Gasteiger partial charge in [-0.05, 0) is 24.8 Å². The number of amides is 1. The second kappa shape index (κ2) is 7.90. The molecule has 0 aromatic rings.